The molecule has 144 valence electrons. The van der Waals surface area contributed by atoms with Crippen LogP contribution in [0.1, 0.15) is 43.9 Å². The van der Waals surface area contributed by atoms with Crippen LogP contribution in [0, 0.1) is 13.8 Å². The molecule has 0 radical (unpaired) electrons. The molecule has 2 aromatic carbocycles. The zero-order chi connectivity index (χ0) is 20.1. The lowest BCUT2D eigenvalue weighted by Gasteiger charge is -2.13. The second-order valence-corrected chi connectivity index (χ2v) is 7.51. The van der Waals surface area contributed by atoms with Gasteiger partial charge in [-0.1, -0.05) is 29.8 Å². The fourth-order valence-corrected chi connectivity index (χ4v) is 3.15. The van der Waals surface area contributed by atoms with E-state index in [2.05, 4.69) is 4.98 Å². The lowest BCUT2D eigenvalue weighted by molar-refractivity contribution is 0.0319. The summed E-state index contributed by atoms with van der Waals surface area (Å²) in [6.07, 6.45) is -0.862. The molecule has 0 saturated carbocycles. The zero-order valence-corrected chi connectivity index (χ0v) is 16.8. The molecule has 0 aliphatic carbocycles. The van der Waals surface area contributed by atoms with Gasteiger partial charge in [0.2, 0.25) is 5.78 Å². The van der Waals surface area contributed by atoms with Crippen molar-refractivity contribution in [3.8, 4) is 5.75 Å². The third kappa shape index (κ3) is 5.04. The number of carbonyl (C=O) groups is 2. The Bertz CT molecular complexity index is 961. The van der Waals surface area contributed by atoms with Gasteiger partial charge in [-0.2, -0.15) is 0 Å². The Morgan fingerprint density at radius 2 is 1.64 bits per heavy atom. The Morgan fingerprint density at radius 3 is 2.25 bits per heavy atom. The van der Waals surface area contributed by atoms with E-state index in [9.17, 15) is 9.59 Å². The Hall–Kier alpha value is -2.99. The first-order valence-corrected chi connectivity index (χ1v) is 9.76. The highest BCUT2D eigenvalue weighted by molar-refractivity contribution is 7.09. The van der Waals surface area contributed by atoms with E-state index in [1.54, 1.807) is 54.7 Å². The number of esters is 1. The van der Waals surface area contributed by atoms with E-state index < -0.39 is 12.1 Å². The number of hydrogen-bond donors (Lipinski definition) is 0. The average Bonchev–Trinajstić information content (AvgIpc) is 3.12. The van der Waals surface area contributed by atoms with Gasteiger partial charge < -0.3 is 9.47 Å². The van der Waals surface area contributed by atoms with E-state index in [-0.39, 0.29) is 5.78 Å². The largest absolute Gasteiger partial charge is 0.487 e. The van der Waals surface area contributed by atoms with Crippen LogP contribution >= 0.6 is 11.3 Å². The van der Waals surface area contributed by atoms with Crippen LogP contribution in [-0.2, 0) is 11.3 Å². The Balaban J connectivity index is 1.56. The van der Waals surface area contributed by atoms with Crippen molar-refractivity contribution in [1.29, 1.82) is 0 Å². The fourth-order valence-electron chi connectivity index (χ4n) is 2.55. The number of aromatic nitrogens is 1. The molecule has 6 heteroatoms. The van der Waals surface area contributed by atoms with Crippen molar-refractivity contribution in [3.63, 3.8) is 0 Å². The normalized spacial score (nSPS) is 11.7. The summed E-state index contributed by atoms with van der Waals surface area (Å²) < 4.78 is 11.0. The van der Waals surface area contributed by atoms with Gasteiger partial charge in [-0.15, -0.1) is 11.3 Å². The Morgan fingerprint density at radius 1 is 1.00 bits per heavy atom. The summed E-state index contributed by atoms with van der Waals surface area (Å²) in [5.74, 6) is -0.146. The molecule has 1 heterocycles. The Labute approximate surface area is 168 Å². The number of aryl methyl sites for hydroxylation is 2. The highest BCUT2D eigenvalue weighted by atomic mass is 32.1. The summed E-state index contributed by atoms with van der Waals surface area (Å²) in [5.41, 5.74) is 2.81. The van der Waals surface area contributed by atoms with Gasteiger partial charge in [-0.3, -0.25) is 4.79 Å². The van der Waals surface area contributed by atoms with Gasteiger partial charge in [0.15, 0.2) is 6.10 Å². The average molecular weight is 395 g/mol. The molecule has 0 amide bonds. The molecular weight excluding hydrogens is 374 g/mol. The van der Waals surface area contributed by atoms with Crippen molar-refractivity contribution in [2.24, 2.45) is 0 Å². The van der Waals surface area contributed by atoms with Crippen LogP contribution in [0.5, 0.6) is 5.75 Å². The van der Waals surface area contributed by atoms with Gasteiger partial charge in [0.05, 0.1) is 16.3 Å². The number of ketones is 1. The summed E-state index contributed by atoms with van der Waals surface area (Å²) in [4.78, 5) is 29.0. The maximum Gasteiger partial charge on any atom is 0.338 e. The summed E-state index contributed by atoms with van der Waals surface area (Å²) >= 11 is 1.57. The number of carbonyl (C=O) groups excluding carboxylic acids is 2. The molecule has 3 aromatic rings. The molecule has 3 rings (SSSR count). The minimum Gasteiger partial charge on any atom is -0.487 e. The molecule has 0 spiro atoms. The van der Waals surface area contributed by atoms with Crippen molar-refractivity contribution >= 4 is 23.1 Å². The van der Waals surface area contributed by atoms with Crippen LogP contribution < -0.4 is 4.74 Å². The first-order valence-electron chi connectivity index (χ1n) is 8.88. The number of ether oxygens (including phenoxy) is 2. The van der Waals surface area contributed by atoms with Crippen LogP contribution in [0.25, 0.3) is 0 Å². The molecule has 0 saturated heterocycles. The number of thiazole rings is 1. The lowest BCUT2D eigenvalue weighted by atomic mass is 10.1. The van der Waals surface area contributed by atoms with Gasteiger partial charge in [0, 0.05) is 10.9 Å². The quantitative estimate of drug-likeness (QED) is 0.426. The third-order valence-electron chi connectivity index (χ3n) is 4.13. The van der Waals surface area contributed by atoms with Crippen LogP contribution in [0.2, 0.25) is 0 Å². The van der Waals surface area contributed by atoms with Gasteiger partial charge in [0.1, 0.15) is 12.4 Å². The van der Waals surface area contributed by atoms with Crippen molar-refractivity contribution in [2.45, 2.75) is 33.5 Å². The second kappa shape index (κ2) is 8.80. The minimum absolute atomic E-state index is 0.230. The molecule has 0 N–H and O–H groups in total. The van der Waals surface area contributed by atoms with Gasteiger partial charge in [-0.05, 0) is 45.0 Å². The zero-order valence-electron chi connectivity index (χ0n) is 16.0. The van der Waals surface area contributed by atoms with E-state index >= 15 is 0 Å². The van der Waals surface area contributed by atoms with Crippen LogP contribution in [-0.4, -0.2) is 22.8 Å². The number of benzene rings is 2. The summed E-state index contributed by atoms with van der Waals surface area (Å²) in [7, 11) is 0. The van der Waals surface area contributed by atoms with Gasteiger partial charge >= 0.3 is 5.97 Å². The van der Waals surface area contributed by atoms with Crippen LogP contribution in [0.3, 0.4) is 0 Å². The molecule has 0 fully saturated rings. The molecule has 28 heavy (non-hydrogen) atoms. The Kier molecular flexibility index (Phi) is 6.21. The summed E-state index contributed by atoms with van der Waals surface area (Å²) in [6.45, 7) is 5.84. The first kappa shape index (κ1) is 19.8. The van der Waals surface area contributed by atoms with E-state index in [0.717, 1.165) is 16.3 Å². The minimum atomic E-state index is -0.862. The fraction of sp³-hybridized carbons (Fsp3) is 0.227. The maximum atomic E-state index is 12.4. The number of hydrogen-bond acceptors (Lipinski definition) is 6. The molecule has 1 aromatic heterocycles. The van der Waals surface area contributed by atoms with Crippen molar-refractivity contribution in [2.75, 3.05) is 0 Å². The highest BCUT2D eigenvalue weighted by Crippen LogP contribution is 2.17. The molecule has 0 unspecified atom stereocenters. The van der Waals surface area contributed by atoms with Crippen LogP contribution in [0.4, 0.5) is 0 Å². The SMILES string of the molecule is Cc1ccc(C(=O)[C@@H](C)OC(=O)c2ccc(OCc3csc(C)n3)cc2)cc1. The smallest absolute Gasteiger partial charge is 0.338 e. The van der Waals surface area contributed by atoms with E-state index in [0.29, 0.717) is 23.5 Å². The lowest BCUT2D eigenvalue weighted by Crippen LogP contribution is -2.24. The third-order valence-corrected chi connectivity index (χ3v) is 4.95. The predicted molar refractivity (Wildman–Crippen MR) is 108 cm³/mol. The van der Waals surface area contributed by atoms with E-state index in [1.165, 1.54) is 0 Å². The van der Waals surface area contributed by atoms with E-state index in [1.807, 2.05) is 31.4 Å². The molecule has 1 atom stereocenters. The molecule has 0 aliphatic rings. The van der Waals surface area contributed by atoms with Crippen molar-refractivity contribution in [1.82, 2.24) is 4.98 Å². The first-order chi connectivity index (χ1) is 13.4. The van der Waals surface area contributed by atoms with Crippen LogP contribution in [0.15, 0.2) is 53.9 Å². The molecule has 0 bridgehead atoms. The standard InChI is InChI=1S/C22H21NO4S/c1-14-4-6-17(7-5-14)21(24)15(2)27-22(25)18-8-10-20(11-9-18)26-12-19-13-28-16(3)23-19/h4-11,13,15H,12H2,1-3H3/t15-/m1/s1. The van der Waals surface area contributed by atoms with Gasteiger partial charge in [0.25, 0.3) is 0 Å². The molecule has 5 nitrogen and oxygen atoms in total. The number of Topliss-reactive ketones (excluding diaryl/α,β-unsaturated/α-hetero) is 1. The van der Waals surface area contributed by atoms with Crippen molar-refractivity contribution in [3.05, 3.63) is 81.3 Å². The highest BCUT2D eigenvalue weighted by Gasteiger charge is 2.20. The molecule has 0 aliphatic heterocycles. The maximum absolute atomic E-state index is 12.4. The second-order valence-electron chi connectivity index (χ2n) is 6.45. The van der Waals surface area contributed by atoms with E-state index in [4.69, 9.17) is 9.47 Å². The number of nitrogens with zero attached hydrogens (tertiary/aromatic N) is 1. The molecular formula is C22H21NO4S. The topological polar surface area (TPSA) is 65.5 Å². The summed E-state index contributed by atoms with van der Waals surface area (Å²) in [5, 5.41) is 2.94. The monoisotopic (exact) mass is 395 g/mol. The number of rotatable bonds is 7. The summed E-state index contributed by atoms with van der Waals surface area (Å²) in [6, 6.07) is 13.8. The van der Waals surface area contributed by atoms with Crippen molar-refractivity contribution < 1.29 is 19.1 Å². The van der Waals surface area contributed by atoms with Gasteiger partial charge in [-0.25, -0.2) is 9.78 Å². The predicted octanol–water partition coefficient (Wildman–Crippen LogP) is 4.77.